The van der Waals surface area contributed by atoms with Gasteiger partial charge in [0.05, 0.1) is 0 Å². The standard InChI is InChI=1S/C18H18F2N2/c1-2-12-3-5-13(6-4-12)15-10-21-18(22-11-15)14-7-8-16(19)17(20)9-14/h2,7-13H,1,3-6H2/t12-,13-. The Hall–Kier alpha value is -2.10. The molecule has 0 N–H and O–H groups in total. The SMILES string of the molecule is C=C[C@H]1CC[C@H](c2cnc(-c3ccc(F)c(F)c3)nc2)CC1. The fourth-order valence-electron chi connectivity index (χ4n) is 3.02. The van der Waals surface area contributed by atoms with Crippen LogP contribution < -0.4 is 0 Å². The first-order valence-electron chi connectivity index (χ1n) is 7.57. The third-order valence-electron chi connectivity index (χ3n) is 4.43. The summed E-state index contributed by atoms with van der Waals surface area (Å²) in [5.41, 5.74) is 1.61. The Labute approximate surface area is 128 Å². The molecule has 1 aromatic heterocycles. The maximum Gasteiger partial charge on any atom is 0.159 e. The van der Waals surface area contributed by atoms with Crippen LogP contribution in [-0.2, 0) is 0 Å². The van der Waals surface area contributed by atoms with E-state index in [4.69, 9.17) is 0 Å². The van der Waals surface area contributed by atoms with Crippen molar-refractivity contribution >= 4 is 0 Å². The highest BCUT2D eigenvalue weighted by atomic mass is 19.2. The van der Waals surface area contributed by atoms with Crippen LogP contribution in [0.2, 0.25) is 0 Å². The molecule has 0 atom stereocenters. The second-order valence-corrected chi connectivity index (χ2v) is 5.82. The molecule has 0 spiro atoms. The van der Waals surface area contributed by atoms with Crippen LogP contribution in [0.25, 0.3) is 11.4 Å². The normalized spacial score (nSPS) is 21.5. The monoisotopic (exact) mass is 300 g/mol. The number of rotatable bonds is 3. The van der Waals surface area contributed by atoms with E-state index >= 15 is 0 Å². The van der Waals surface area contributed by atoms with Gasteiger partial charge in [-0.15, -0.1) is 6.58 Å². The predicted octanol–water partition coefficient (Wildman–Crippen LogP) is 4.88. The van der Waals surface area contributed by atoms with Gasteiger partial charge in [0, 0.05) is 18.0 Å². The van der Waals surface area contributed by atoms with Gasteiger partial charge in [0.1, 0.15) is 0 Å². The lowest BCUT2D eigenvalue weighted by atomic mass is 9.79. The Bertz CT molecular complexity index is 659. The van der Waals surface area contributed by atoms with Crippen LogP contribution in [0.3, 0.4) is 0 Å². The zero-order valence-electron chi connectivity index (χ0n) is 12.3. The highest BCUT2D eigenvalue weighted by Crippen LogP contribution is 2.35. The lowest BCUT2D eigenvalue weighted by Crippen LogP contribution is -2.12. The second kappa shape index (κ2) is 6.34. The Kier molecular flexibility index (Phi) is 4.27. The summed E-state index contributed by atoms with van der Waals surface area (Å²) in [5, 5.41) is 0. The quantitative estimate of drug-likeness (QED) is 0.755. The average Bonchev–Trinajstić information content (AvgIpc) is 2.58. The number of allylic oxidation sites excluding steroid dienone is 1. The van der Waals surface area contributed by atoms with Crippen molar-refractivity contribution in [2.75, 3.05) is 0 Å². The van der Waals surface area contributed by atoms with Gasteiger partial charge in [-0.25, -0.2) is 18.7 Å². The van der Waals surface area contributed by atoms with E-state index in [2.05, 4.69) is 16.5 Å². The average molecular weight is 300 g/mol. The minimum absolute atomic E-state index is 0.419. The molecule has 0 radical (unpaired) electrons. The smallest absolute Gasteiger partial charge is 0.159 e. The van der Waals surface area contributed by atoms with Crippen molar-refractivity contribution in [3.63, 3.8) is 0 Å². The van der Waals surface area contributed by atoms with E-state index in [1.54, 1.807) is 0 Å². The summed E-state index contributed by atoms with van der Waals surface area (Å²) in [6.07, 6.45) is 10.2. The fourth-order valence-corrected chi connectivity index (χ4v) is 3.02. The molecule has 0 saturated heterocycles. The topological polar surface area (TPSA) is 25.8 Å². The summed E-state index contributed by atoms with van der Waals surface area (Å²) in [7, 11) is 0. The van der Waals surface area contributed by atoms with Crippen molar-refractivity contribution < 1.29 is 8.78 Å². The summed E-state index contributed by atoms with van der Waals surface area (Å²) in [5.74, 6) is -0.219. The number of hydrogen-bond donors (Lipinski definition) is 0. The maximum absolute atomic E-state index is 13.3. The minimum Gasteiger partial charge on any atom is -0.236 e. The zero-order chi connectivity index (χ0) is 15.5. The van der Waals surface area contributed by atoms with Crippen molar-refractivity contribution in [2.45, 2.75) is 31.6 Å². The first-order valence-corrected chi connectivity index (χ1v) is 7.57. The molecule has 3 rings (SSSR count). The summed E-state index contributed by atoms with van der Waals surface area (Å²) in [6, 6.07) is 3.71. The molecule has 2 aromatic rings. The number of nitrogens with zero attached hydrogens (tertiary/aromatic N) is 2. The lowest BCUT2D eigenvalue weighted by Gasteiger charge is -2.26. The van der Waals surface area contributed by atoms with E-state index in [0.29, 0.717) is 23.2 Å². The van der Waals surface area contributed by atoms with Crippen LogP contribution in [0.4, 0.5) is 8.78 Å². The highest BCUT2D eigenvalue weighted by molar-refractivity contribution is 5.54. The molecule has 1 aromatic carbocycles. The molecule has 1 saturated carbocycles. The molecule has 0 amide bonds. The number of aromatic nitrogens is 2. The molecule has 4 heteroatoms. The first kappa shape index (κ1) is 14.8. The molecule has 1 aliphatic carbocycles. The van der Waals surface area contributed by atoms with Gasteiger partial charge in [-0.1, -0.05) is 6.08 Å². The Balaban J connectivity index is 1.75. The summed E-state index contributed by atoms with van der Waals surface area (Å²) < 4.78 is 26.2. The highest BCUT2D eigenvalue weighted by Gasteiger charge is 2.21. The summed E-state index contributed by atoms with van der Waals surface area (Å²) in [4.78, 5) is 8.63. The van der Waals surface area contributed by atoms with E-state index in [1.165, 1.54) is 6.07 Å². The third-order valence-corrected chi connectivity index (χ3v) is 4.43. The Morgan fingerprint density at radius 3 is 2.27 bits per heavy atom. The van der Waals surface area contributed by atoms with E-state index < -0.39 is 11.6 Å². The number of halogens is 2. The van der Waals surface area contributed by atoms with Crippen molar-refractivity contribution in [3.8, 4) is 11.4 Å². The second-order valence-electron chi connectivity index (χ2n) is 5.82. The van der Waals surface area contributed by atoms with Crippen LogP contribution in [-0.4, -0.2) is 9.97 Å². The Morgan fingerprint density at radius 2 is 1.68 bits per heavy atom. The number of benzene rings is 1. The fraction of sp³-hybridized carbons (Fsp3) is 0.333. The van der Waals surface area contributed by atoms with E-state index in [0.717, 1.165) is 43.4 Å². The van der Waals surface area contributed by atoms with Gasteiger partial charge >= 0.3 is 0 Å². The minimum atomic E-state index is -0.882. The van der Waals surface area contributed by atoms with E-state index in [1.807, 2.05) is 18.5 Å². The molecule has 114 valence electrons. The molecular formula is C18H18F2N2. The summed E-state index contributed by atoms with van der Waals surface area (Å²) in [6.45, 7) is 3.86. The maximum atomic E-state index is 13.3. The van der Waals surface area contributed by atoms with Gasteiger partial charge < -0.3 is 0 Å². The number of hydrogen-bond acceptors (Lipinski definition) is 2. The largest absolute Gasteiger partial charge is 0.236 e. The molecule has 22 heavy (non-hydrogen) atoms. The van der Waals surface area contributed by atoms with Crippen LogP contribution in [0.1, 0.15) is 37.2 Å². The molecule has 2 nitrogen and oxygen atoms in total. The molecule has 1 aliphatic rings. The third kappa shape index (κ3) is 3.06. The van der Waals surface area contributed by atoms with Crippen molar-refractivity contribution in [2.24, 2.45) is 5.92 Å². The van der Waals surface area contributed by atoms with E-state index in [-0.39, 0.29) is 0 Å². The van der Waals surface area contributed by atoms with Crippen molar-refractivity contribution in [3.05, 3.63) is 60.4 Å². The van der Waals surface area contributed by atoms with Crippen molar-refractivity contribution in [1.82, 2.24) is 9.97 Å². The van der Waals surface area contributed by atoms with Crippen LogP contribution in [0.15, 0.2) is 43.2 Å². The van der Waals surface area contributed by atoms with Gasteiger partial charge in [0.25, 0.3) is 0 Å². The van der Waals surface area contributed by atoms with E-state index in [9.17, 15) is 8.78 Å². The van der Waals surface area contributed by atoms with Gasteiger partial charge in [-0.2, -0.15) is 0 Å². The van der Waals surface area contributed by atoms with Crippen LogP contribution in [0.5, 0.6) is 0 Å². The lowest BCUT2D eigenvalue weighted by molar-refractivity contribution is 0.375. The van der Waals surface area contributed by atoms with Gasteiger partial charge in [0.2, 0.25) is 0 Å². The predicted molar refractivity (Wildman–Crippen MR) is 82.3 cm³/mol. The molecule has 1 heterocycles. The van der Waals surface area contributed by atoms with Crippen LogP contribution in [0, 0.1) is 17.6 Å². The van der Waals surface area contributed by atoms with Crippen LogP contribution >= 0.6 is 0 Å². The van der Waals surface area contributed by atoms with Gasteiger partial charge in [0.15, 0.2) is 17.5 Å². The van der Waals surface area contributed by atoms with Gasteiger partial charge in [-0.3, -0.25) is 0 Å². The molecule has 0 aliphatic heterocycles. The van der Waals surface area contributed by atoms with Crippen molar-refractivity contribution in [1.29, 1.82) is 0 Å². The molecule has 1 fully saturated rings. The molecular weight excluding hydrogens is 282 g/mol. The van der Waals surface area contributed by atoms with Gasteiger partial charge in [-0.05, 0) is 61.3 Å². The molecule has 0 bridgehead atoms. The molecule has 0 unspecified atom stereocenters. The first-order chi connectivity index (χ1) is 10.7. The Morgan fingerprint density at radius 1 is 1.00 bits per heavy atom. The summed E-state index contributed by atoms with van der Waals surface area (Å²) >= 11 is 0. The zero-order valence-corrected chi connectivity index (χ0v) is 12.3.